The minimum Gasteiger partial charge on any atom is -0.382 e. The molecule has 0 aliphatic heterocycles. The Hall–Kier alpha value is -0.420. The third-order valence-electron chi connectivity index (χ3n) is 2.12. The first-order valence-corrected chi connectivity index (χ1v) is 6.53. The number of hydrogen-bond donors (Lipinski definition) is 1. The van der Waals surface area contributed by atoms with Crippen LogP contribution in [0.15, 0.2) is 12.1 Å². The number of thiophene rings is 1. The summed E-state index contributed by atoms with van der Waals surface area (Å²) in [5.41, 5.74) is 0. The molecule has 0 radical (unpaired) electrons. The van der Waals surface area contributed by atoms with Crippen LogP contribution in [0.25, 0.3) is 0 Å². The zero-order valence-corrected chi connectivity index (χ0v) is 10.9. The minimum atomic E-state index is 0.663. The summed E-state index contributed by atoms with van der Waals surface area (Å²) in [5, 5.41) is 3.39. The molecule has 0 saturated carbocycles. The van der Waals surface area contributed by atoms with E-state index in [1.807, 2.05) is 11.3 Å². The maximum Gasteiger partial charge on any atom is 0.0810 e. The van der Waals surface area contributed by atoms with Gasteiger partial charge in [0.25, 0.3) is 0 Å². The average molecular weight is 243 g/mol. The van der Waals surface area contributed by atoms with Crippen LogP contribution in [0.5, 0.6) is 0 Å². The molecule has 0 bridgehead atoms. The largest absolute Gasteiger partial charge is 0.382 e. The van der Waals surface area contributed by atoms with Crippen LogP contribution in [0.2, 0.25) is 0 Å². The molecule has 0 spiro atoms. The van der Waals surface area contributed by atoms with Gasteiger partial charge in [-0.1, -0.05) is 6.92 Å². The fourth-order valence-electron chi connectivity index (χ4n) is 1.30. The third-order valence-corrected chi connectivity index (χ3v) is 3.18. The van der Waals surface area contributed by atoms with Crippen molar-refractivity contribution in [2.75, 3.05) is 26.9 Å². The molecule has 92 valence electrons. The Morgan fingerprint density at radius 3 is 2.81 bits per heavy atom. The van der Waals surface area contributed by atoms with Gasteiger partial charge >= 0.3 is 0 Å². The second kappa shape index (κ2) is 8.70. The Balaban J connectivity index is 2.17. The summed E-state index contributed by atoms with van der Waals surface area (Å²) in [6.07, 6.45) is 1.18. The van der Waals surface area contributed by atoms with E-state index in [0.29, 0.717) is 19.8 Å². The first kappa shape index (κ1) is 13.6. The number of hydrogen-bond acceptors (Lipinski definition) is 4. The van der Waals surface area contributed by atoms with Gasteiger partial charge in [0.15, 0.2) is 0 Å². The molecule has 4 heteroatoms. The van der Waals surface area contributed by atoms with Gasteiger partial charge in [0.1, 0.15) is 0 Å². The topological polar surface area (TPSA) is 30.5 Å². The lowest BCUT2D eigenvalue weighted by molar-refractivity contribution is 0.0628. The number of rotatable bonds is 9. The molecule has 1 aromatic heterocycles. The summed E-state index contributed by atoms with van der Waals surface area (Å²) in [7, 11) is 1.69. The summed E-state index contributed by atoms with van der Waals surface area (Å²) in [6.45, 7) is 6.25. The van der Waals surface area contributed by atoms with Crippen molar-refractivity contribution < 1.29 is 9.47 Å². The summed E-state index contributed by atoms with van der Waals surface area (Å²) in [4.78, 5) is 2.66. The standard InChI is InChI=1S/C12H21NO2S/c1-3-6-13-9-11-4-5-12(16-11)10-15-8-7-14-2/h4-5,13H,3,6-10H2,1-2H3. The first-order chi connectivity index (χ1) is 7.86. The van der Waals surface area contributed by atoms with Crippen LogP contribution in [0.1, 0.15) is 23.1 Å². The van der Waals surface area contributed by atoms with Gasteiger partial charge in [-0.3, -0.25) is 0 Å². The smallest absolute Gasteiger partial charge is 0.0810 e. The number of ether oxygens (including phenoxy) is 2. The van der Waals surface area contributed by atoms with Gasteiger partial charge in [-0.25, -0.2) is 0 Å². The lowest BCUT2D eigenvalue weighted by atomic mass is 10.4. The predicted octanol–water partition coefficient (Wildman–Crippen LogP) is 2.41. The van der Waals surface area contributed by atoms with E-state index < -0.39 is 0 Å². The van der Waals surface area contributed by atoms with Crippen LogP contribution in [-0.2, 0) is 22.6 Å². The van der Waals surface area contributed by atoms with E-state index in [1.54, 1.807) is 7.11 Å². The summed E-state index contributed by atoms with van der Waals surface area (Å²) < 4.78 is 10.4. The highest BCUT2D eigenvalue weighted by Gasteiger charge is 1.99. The monoisotopic (exact) mass is 243 g/mol. The predicted molar refractivity (Wildman–Crippen MR) is 67.8 cm³/mol. The second-order valence-electron chi connectivity index (χ2n) is 3.59. The molecular formula is C12H21NO2S. The average Bonchev–Trinajstić information content (AvgIpc) is 2.73. The normalized spacial score (nSPS) is 10.9. The molecule has 0 fully saturated rings. The molecule has 0 unspecified atom stereocenters. The molecule has 0 atom stereocenters. The highest BCUT2D eigenvalue weighted by molar-refractivity contribution is 7.11. The van der Waals surface area contributed by atoms with E-state index in [1.165, 1.54) is 16.2 Å². The van der Waals surface area contributed by atoms with Gasteiger partial charge < -0.3 is 14.8 Å². The zero-order valence-electron chi connectivity index (χ0n) is 10.1. The van der Waals surface area contributed by atoms with Crippen LogP contribution in [-0.4, -0.2) is 26.9 Å². The van der Waals surface area contributed by atoms with Crippen LogP contribution >= 0.6 is 11.3 Å². The Kier molecular flexibility index (Phi) is 7.42. The molecule has 0 aliphatic carbocycles. The number of nitrogens with one attached hydrogen (secondary N) is 1. The van der Waals surface area contributed by atoms with Crippen molar-refractivity contribution in [3.8, 4) is 0 Å². The Labute approximate surface area is 102 Å². The Bertz CT molecular complexity index is 276. The van der Waals surface area contributed by atoms with Gasteiger partial charge in [0.2, 0.25) is 0 Å². The van der Waals surface area contributed by atoms with E-state index in [-0.39, 0.29) is 0 Å². The van der Waals surface area contributed by atoms with Crippen molar-refractivity contribution in [2.45, 2.75) is 26.5 Å². The molecule has 16 heavy (non-hydrogen) atoms. The van der Waals surface area contributed by atoms with Crippen LogP contribution in [0.3, 0.4) is 0 Å². The van der Waals surface area contributed by atoms with E-state index >= 15 is 0 Å². The fourth-order valence-corrected chi connectivity index (χ4v) is 2.22. The fraction of sp³-hybridized carbons (Fsp3) is 0.667. The summed E-state index contributed by atoms with van der Waals surface area (Å²) >= 11 is 1.81. The van der Waals surface area contributed by atoms with Gasteiger partial charge in [-0.2, -0.15) is 0 Å². The second-order valence-corrected chi connectivity index (χ2v) is 4.84. The van der Waals surface area contributed by atoms with Crippen molar-refractivity contribution >= 4 is 11.3 Å². The molecule has 0 amide bonds. The number of methoxy groups -OCH3 is 1. The highest BCUT2D eigenvalue weighted by Crippen LogP contribution is 2.17. The maximum atomic E-state index is 5.46. The van der Waals surface area contributed by atoms with Crippen molar-refractivity contribution in [1.29, 1.82) is 0 Å². The minimum absolute atomic E-state index is 0.663. The molecular weight excluding hydrogens is 222 g/mol. The van der Waals surface area contributed by atoms with Crippen molar-refractivity contribution in [3.63, 3.8) is 0 Å². The third kappa shape index (κ3) is 5.61. The van der Waals surface area contributed by atoms with Gasteiger partial charge in [-0.05, 0) is 25.1 Å². The Morgan fingerprint density at radius 1 is 1.25 bits per heavy atom. The van der Waals surface area contributed by atoms with E-state index in [9.17, 15) is 0 Å². The first-order valence-electron chi connectivity index (χ1n) is 5.71. The van der Waals surface area contributed by atoms with Gasteiger partial charge in [0, 0.05) is 23.4 Å². The zero-order chi connectivity index (χ0) is 11.6. The highest BCUT2D eigenvalue weighted by atomic mass is 32.1. The molecule has 1 heterocycles. The summed E-state index contributed by atoms with van der Waals surface area (Å²) in [6, 6.07) is 4.31. The quantitative estimate of drug-likeness (QED) is 0.676. The molecule has 1 aromatic rings. The molecule has 1 N–H and O–H groups in total. The SMILES string of the molecule is CCCNCc1ccc(COCCOC)s1. The van der Waals surface area contributed by atoms with Crippen LogP contribution in [0, 0.1) is 0 Å². The van der Waals surface area contributed by atoms with Gasteiger partial charge in [0.05, 0.1) is 19.8 Å². The lowest BCUT2D eigenvalue weighted by Crippen LogP contribution is -2.12. The Morgan fingerprint density at radius 2 is 2.06 bits per heavy atom. The van der Waals surface area contributed by atoms with E-state index in [2.05, 4.69) is 24.4 Å². The maximum absolute atomic E-state index is 5.46. The molecule has 0 aromatic carbocycles. The summed E-state index contributed by atoms with van der Waals surface area (Å²) in [5.74, 6) is 0. The van der Waals surface area contributed by atoms with E-state index in [0.717, 1.165) is 13.1 Å². The lowest BCUT2D eigenvalue weighted by Gasteiger charge is -2.01. The van der Waals surface area contributed by atoms with Crippen molar-refractivity contribution in [2.24, 2.45) is 0 Å². The molecule has 0 aliphatic rings. The molecule has 0 saturated heterocycles. The molecule has 3 nitrogen and oxygen atoms in total. The van der Waals surface area contributed by atoms with E-state index in [4.69, 9.17) is 9.47 Å². The van der Waals surface area contributed by atoms with Crippen molar-refractivity contribution in [1.82, 2.24) is 5.32 Å². The van der Waals surface area contributed by atoms with Gasteiger partial charge in [-0.15, -0.1) is 11.3 Å². The molecule has 1 rings (SSSR count). The van der Waals surface area contributed by atoms with Crippen LogP contribution in [0.4, 0.5) is 0 Å². The van der Waals surface area contributed by atoms with Crippen molar-refractivity contribution in [3.05, 3.63) is 21.9 Å². The van der Waals surface area contributed by atoms with Crippen LogP contribution < -0.4 is 5.32 Å².